The smallest absolute Gasteiger partial charge is 0.285 e. The van der Waals surface area contributed by atoms with Gasteiger partial charge in [-0.25, -0.2) is 38.3 Å². The first-order valence-corrected chi connectivity index (χ1v) is 42.7. The molecule has 0 unspecified atom stereocenters. The van der Waals surface area contributed by atoms with Crippen molar-refractivity contribution in [1.82, 2.24) is 34.9 Å². The lowest BCUT2D eigenvalue weighted by Gasteiger charge is -2.02. The minimum atomic E-state index is -2.67. The SMILES string of the molecule is C.C.C.C.C.C.C.C.CC.CC.CC.CC.CC(C)=O.CC(C)=O.CC(C)=O.CC(C)=O.CCC.COC.CS(C)(=O)=O.Cc1[nH]c(-c2ccc(-c3[nH]c(C)c(-c4ccccc4)[nH+]3)cc2)nc1-c1ccccc1.Cc1nc2cc(-c3ccc4oc(C)nc4c3)ccc2o1.c1ccc(-c2nc(-c3ccccc3)c(-c3ccccc3)[nH]2)cc1.c1ccccc1.c1ccccc1. The number of methoxy groups -OCH3 is 1. The number of nitrogens with zero attached hydrogens (tertiary/aromatic N) is 4. The Balaban J connectivity index is -0.000000187. The van der Waals surface area contributed by atoms with E-state index in [2.05, 4.69) is 159 Å². The van der Waals surface area contributed by atoms with Gasteiger partial charge in [-0.15, -0.1) is 0 Å². The maximum Gasteiger partial charge on any atom is 0.285 e. The minimum absolute atomic E-state index is 0. The number of hydrogen-bond donors (Lipinski definition) is 3. The van der Waals surface area contributed by atoms with Crippen molar-refractivity contribution in [2.24, 2.45) is 0 Å². The van der Waals surface area contributed by atoms with E-state index in [-0.39, 0.29) is 82.5 Å². The van der Waals surface area contributed by atoms with Crippen LogP contribution in [0.25, 0.3) is 113 Å². The number of oxazole rings is 2. The van der Waals surface area contributed by atoms with Crippen LogP contribution in [0.15, 0.2) is 294 Å². The zero-order valence-electron chi connectivity index (χ0n) is 75.7. The average Bonchev–Trinajstić information content (AvgIpc) is 1.57. The first-order chi connectivity index (χ1) is 57.5. The molecule has 702 valence electrons. The molecule has 0 fully saturated rings. The molecule has 10 aromatic carbocycles. The topological polar surface area (TPSA) is 251 Å². The van der Waals surface area contributed by atoms with Crippen molar-refractivity contribution in [3.63, 3.8) is 0 Å². The number of aromatic nitrogens is 8. The summed E-state index contributed by atoms with van der Waals surface area (Å²) in [6, 6.07) is 96.0. The number of hydrogen-bond acceptors (Lipinski definition) is 13. The van der Waals surface area contributed by atoms with Crippen molar-refractivity contribution in [2.45, 2.75) is 218 Å². The van der Waals surface area contributed by atoms with E-state index in [0.717, 1.165) is 131 Å². The summed E-state index contributed by atoms with van der Waals surface area (Å²) >= 11 is 0. The second-order valence-corrected chi connectivity index (χ2v) is 28.2. The van der Waals surface area contributed by atoms with E-state index in [9.17, 15) is 27.6 Å². The first-order valence-electron chi connectivity index (χ1n) is 40.4. The number of aromatic amines is 4. The van der Waals surface area contributed by atoms with Crippen LogP contribution in [-0.2, 0) is 33.8 Å². The van der Waals surface area contributed by atoms with Crippen LogP contribution in [0.4, 0.5) is 0 Å². The standard InChI is InChI=1S/C26H22N4.C21H16N2.C16H12N2O2.2C6H6.4C3H6O.C3H8.C2H6O2S.C2H6O.4C2H6.8CH4/c1-17-23(19-9-5-3-6-10-19)29-25(27-17)21-13-15-22(16-14-21)26-28-18(2)24(30-26)20-11-7-4-8-12-20;1-4-10-16(11-5-1)19-20(17-12-6-2-7-13-17)23-21(22-19)18-14-8-3-9-15-18;1-9-17-13-7-11(3-5-15(13)19-9)12-4-6-16-14(8-12)18-10(2)20-16;2*1-2-4-6-5-3-1;4*1-3(2)4;1-3-2;1-5(2,3)4;1-3-2;4*1-2;;;;;;;;/h3-16H,1-2H3,(H,27,29)(H,28,30);1-15H,(H,22,23);3-8H,1-2H3;2*1-6H;4*1-2H3;3H2,1-2H3;1-2H3;1-2H3;4*1-2H3;8*1H4/p+1. The molecule has 0 saturated carbocycles. The quantitative estimate of drug-likeness (QED) is 0.128. The number of H-pyrrole nitrogens is 4. The van der Waals surface area contributed by atoms with E-state index in [1.807, 2.05) is 257 Å². The predicted molar refractivity (Wildman–Crippen MR) is 559 cm³/mol. The molecule has 0 radical (unpaired) electrons. The van der Waals surface area contributed by atoms with E-state index >= 15 is 0 Å². The van der Waals surface area contributed by atoms with Crippen LogP contribution >= 0.6 is 0 Å². The normalized spacial score (nSPS) is 8.77. The number of aryl methyl sites for hydroxylation is 4. The number of rotatable bonds is 8. The fourth-order valence-electron chi connectivity index (χ4n) is 9.75. The van der Waals surface area contributed by atoms with Crippen LogP contribution in [0.3, 0.4) is 0 Å². The minimum Gasteiger partial charge on any atom is -0.441 e. The molecule has 0 spiro atoms. The monoisotopic (exact) mass is 1770 g/mol. The molecule has 0 aliphatic heterocycles. The number of carbonyl (C=O) groups excluding carboxylic acids is 4. The van der Waals surface area contributed by atoms with Crippen molar-refractivity contribution in [3.05, 3.63) is 308 Å². The molecule has 0 saturated heterocycles. The van der Waals surface area contributed by atoms with Crippen LogP contribution < -0.4 is 4.98 Å². The molecule has 15 aromatic rings. The van der Waals surface area contributed by atoms with Gasteiger partial charge < -0.3 is 42.7 Å². The Bertz CT molecular complexity index is 4890. The zero-order chi connectivity index (χ0) is 90.4. The molecule has 0 aliphatic carbocycles. The van der Waals surface area contributed by atoms with Gasteiger partial charge in [0.05, 0.1) is 22.6 Å². The predicted octanol–water partition coefficient (Wildman–Crippen LogP) is 31.8. The summed E-state index contributed by atoms with van der Waals surface area (Å²) in [5, 5.41) is 0. The lowest BCUT2D eigenvalue weighted by molar-refractivity contribution is -0.349. The Labute approximate surface area is 775 Å². The number of imidazole rings is 3. The average molecular weight is 1770 g/mol. The van der Waals surface area contributed by atoms with Crippen molar-refractivity contribution >= 4 is 55.2 Å². The molecular formula is C110H163N8O9S+. The first kappa shape index (κ1) is 133. The molecule has 128 heavy (non-hydrogen) atoms. The van der Waals surface area contributed by atoms with Crippen LogP contribution in [0, 0.1) is 27.7 Å². The largest absolute Gasteiger partial charge is 0.441 e. The lowest BCUT2D eigenvalue weighted by atomic mass is 10.0. The van der Waals surface area contributed by atoms with Crippen molar-refractivity contribution in [3.8, 4) is 90.3 Å². The third-order valence-electron chi connectivity index (χ3n) is 13.9. The van der Waals surface area contributed by atoms with Gasteiger partial charge in [0.15, 0.2) is 28.6 Å². The molecule has 17 nitrogen and oxygen atoms in total. The maximum atomic E-state index is 9.63. The Morgan fingerprint density at radius 3 is 0.875 bits per heavy atom. The molecule has 5 heterocycles. The maximum absolute atomic E-state index is 9.63. The Morgan fingerprint density at radius 2 is 0.562 bits per heavy atom. The summed E-state index contributed by atoms with van der Waals surface area (Å²) in [4.78, 5) is 70.2. The van der Waals surface area contributed by atoms with Crippen LogP contribution in [0.1, 0.15) is 214 Å². The van der Waals surface area contributed by atoms with Gasteiger partial charge in [0.1, 0.15) is 61.3 Å². The lowest BCUT2D eigenvalue weighted by Crippen LogP contribution is -2.05. The van der Waals surface area contributed by atoms with Crippen molar-refractivity contribution in [1.29, 1.82) is 0 Å². The molecule has 5 aromatic heterocycles. The number of benzene rings is 10. The number of ether oxygens (including phenoxy) is 1. The number of nitrogens with one attached hydrogen (secondary N) is 4. The molecular weight excluding hydrogens is 1610 g/mol. The molecule has 0 amide bonds. The Morgan fingerprint density at radius 1 is 0.328 bits per heavy atom. The van der Waals surface area contributed by atoms with Gasteiger partial charge in [-0.05, 0) is 110 Å². The highest BCUT2D eigenvalue weighted by atomic mass is 32.2. The highest BCUT2D eigenvalue weighted by Crippen LogP contribution is 2.34. The summed E-state index contributed by atoms with van der Waals surface area (Å²) in [6.07, 6.45) is 3.57. The summed E-state index contributed by atoms with van der Waals surface area (Å²) in [6.45, 7) is 40.3. The number of carbonyl (C=O) groups is 4. The molecule has 0 bridgehead atoms. The van der Waals surface area contributed by atoms with Crippen LogP contribution in [0.2, 0.25) is 0 Å². The molecule has 0 aliphatic rings. The second kappa shape index (κ2) is 79.0. The van der Waals surface area contributed by atoms with Gasteiger partial charge in [-0.1, -0.05) is 384 Å². The molecule has 18 heteroatoms. The zero-order valence-corrected chi connectivity index (χ0v) is 76.5. The third kappa shape index (κ3) is 56.4. The van der Waals surface area contributed by atoms with E-state index in [4.69, 9.17) is 18.8 Å². The summed E-state index contributed by atoms with van der Waals surface area (Å²) < 4.78 is 34.5. The van der Waals surface area contributed by atoms with Gasteiger partial charge >= 0.3 is 0 Å². The number of sulfone groups is 1. The highest BCUT2D eigenvalue weighted by molar-refractivity contribution is 7.89. The van der Waals surface area contributed by atoms with Crippen LogP contribution in [0.5, 0.6) is 0 Å². The van der Waals surface area contributed by atoms with E-state index in [0.29, 0.717) is 11.8 Å². The van der Waals surface area contributed by atoms with Crippen molar-refractivity contribution in [2.75, 3.05) is 26.7 Å². The molecule has 15 rings (SSSR count). The van der Waals surface area contributed by atoms with Crippen molar-refractivity contribution < 1.29 is 46.2 Å². The van der Waals surface area contributed by atoms with Gasteiger partial charge in [0.25, 0.3) is 5.82 Å². The third-order valence-corrected chi connectivity index (χ3v) is 13.9. The van der Waals surface area contributed by atoms with Gasteiger partial charge in [0, 0.05) is 86.6 Å². The van der Waals surface area contributed by atoms with Gasteiger partial charge in [-0.2, -0.15) is 0 Å². The molecule has 4 N–H and O–H groups in total. The number of ketones is 4. The summed E-state index contributed by atoms with van der Waals surface area (Å²) in [7, 11) is 0.583. The second-order valence-electron chi connectivity index (χ2n) is 25.9. The van der Waals surface area contributed by atoms with E-state index in [1.165, 1.54) is 67.4 Å². The van der Waals surface area contributed by atoms with E-state index < -0.39 is 9.84 Å². The Kier molecular flexibility index (Phi) is 82.3. The molecule has 0 atom stereocenters. The number of Topliss-reactive ketones (excluding diaryl/α,β-unsaturated/α-hetero) is 4. The highest BCUT2D eigenvalue weighted by Gasteiger charge is 2.19. The van der Waals surface area contributed by atoms with Gasteiger partial charge in [-0.3, -0.25) is 0 Å². The summed E-state index contributed by atoms with van der Waals surface area (Å²) in [5.74, 6) is 4.80. The van der Waals surface area contributed by atoms with Crippen LogP contribution in [-0.4, -0.2) is 93.2 Å². The fourth-order valence-corrected chi connectivity index (χ4v) is 9.75. The van der Waals surface area contributed by atoms with E-state index in [1.54, 1.807) is 14.2 Å². The summed E-state index contributed by atoms with van der Waals surface area (Å²) in [5.41, 5.74) is 19.7. The number of fused-ring (bicyclic) bond motifs is 2. The fraction of sp³-hybridized carbons (Fsp3) is 0.318. The van der Waals surface area contributed by atoms with Gasteiger partial charge in [0.2, 0.25) is 0 Å². The Hall–Kier alpha value is -12.6.